The van der Waals surface area contributed by atoms with Gasteiger partial charge in [-0.15, -0.1) is 0 Å². The summed E-state index contributed by atoms with van der Waals surface area (Å²) in [6.45, 7) is 0. The summed E-state index contributed by atoms with van der Waals surface area (Å²) in [7, 11) is 3.23. The standard InChI is InChI=1S/C22H29NO3/c1-25-16-13-14-20(26-2)19(15-16)23-22(24)21-17-11-9-7-5-3-4-6-8-10-12-18(17)21/h5-8,13-15,17-18,21H,3-4,9-12H2,1-2H3,(H,23,24)/b7-5-,8-6-. The number of anilines is 1. The number of methoxy groups -OCH3 is 2. The van der Waals surface area contributed by atoms with Crippen LogP contribution in [0.1, 0.15) is 38.5 Å². The number of hydrogen-bond acceptors (Lipinski definition) is 3. The molecule has 2 unspecified atom stereocenters. The quantitative estimate of drug-likeness (QED) is 0.776. The molecule has 4 heteroatoms. The van der Waals surface area contributed by atoms with Gasteiger partial charge in [0, 0.05) is 12.0 Å². The molecule has 0 radical (unpaired) electrons. The lowest BCUT2D eigenvalue weighted by Gasteiger charge is -2.12. The van der Waals surface area contributed by atoms with Crippen molar-refractivity contribution < 1.29 is 14.3 Å². The maximum atomic E-state index is 12.9. The van der Waals surface area contributed by atoms with Crippen molar-refractivity contribution in [2.75, 3.05) is 19.5 Å². The van der Waals surface area contributed by atoms with Crippen molar-refractivity contribution in [1.82, 2.24) is 0 Å². The van der Waals surface area contributed by atoms with Crippen LogP contribution in [-0.2, 0) is 4.79 Å². The fraction of sp³-hybridized carbons (Fsp3) is 0.500. The predicted octanol–water partition coefficient (Wildman–Crippen LogP) is 4.97. The van der Waals surface area contributed by atoms with Gasteiger partial charge in [0.25, 0.3) is 0 Å². The van der Waals surface area contributed by atoms with Crippen molar-refractivity contribution in [2.45, 2.75) is 38.5 Å². The molecule has 1 aromatic carbocycles. The van der Waals surface area contributed by atoms with Crippen molar-refractivity contribution in [3.8, 4) is 11.5 Å². The number of rotatable bonds is 4. The highest BCUT2D eigenvalue weighted by Gasteiger charge is 2.52. The molecule has 26 heavy (non-hydrogen) atoms. The molecule has 0 spiro atoms. The molecule has 0 aliphatic heterocycles. The largest absolute Gasteiger partial charge is 0.497 e. The highest BCUT2D eigenvalue weighted by molar-refractivity contribution is 5.96. The third-order valence-corrected chi connectivity index (χ3v) is 5.47. The minimum absolute atomic E-state index is 0.105. The Hall–Kier alpha value is -2.23. The first kappa shape index (κ1) is 18.6. The van der Waals surface area contributed by atoms with E-state index in [-0.39, 0.29) is 11.8 Å². The van der Waals surface area contributed by atoms with Gasteiger partial charge in [0.15, 0.2) is 0 Å². The average Bonchev–Trinajstić information content (AvgIpc) is 3.34. The van der Waals surface area contributed by atoms with E-state index < -0.39 is 0 Å². The lowest BCUT2D eigenvalue weighted by Crippen LogP contribution is -2.16. The molecule has 1 aromatic rings. The SMILES string of the molecule is COc1ccc(OC)c(NC(=O)C2C3CC/C=C\CC/C=C\CCC32)c1. The molecule has 2 aliphatic rings. The fourth-order valence-electron chi connectivity index (χ4n) is 3.99. The zero-order valence-electron chi connectivity index (χ0n) is 15.7. The van der Waals surface area contributed by atoms with Crippen LogP contribution in [0.2, 0.25) is 0 Å². The van der Waals surface area contributed by atoms with E-state index in [1.807, 2.05) is 18.2 Å². The first-order valence-electron chi connectivity index (χ1n) is 9.57. The second kappa shape index (κ2) is 8.93. The normalized spacial score (nSPS) is 27.8. The highest BCUT2D eigenvalue weighted by Crippen LogP contribution is 2.53. The van der Waals surface area contributed by atoms with E-state index >= 15 is 0 Å². The topological polar surface area (TPSA) is 47.6 Å². The molecule has 2 aliphatic carbocycles. The van der Waals surface area contributed by atoms with Gasteiger partial charge in [-0.05, 0) is 62.5 Å². The van der Waals surface area contributed by atoms with Crippen LogP contribution in [0.4, 0.5) is 5.69 Å². The maximum absolute atomic E-state index is 12.9. The Balaban J connectivity index is 1.68. The molecule has 0 saturated heterocycles. The van der Waals surface area contributed by atoms with Gasteiger partial charge >= 0.3 is 0 Å². The number of hydrogen-bond donors (Lipinski definition) is 1. The monoisotopic (exact) mass is 355 g/mol. The van der Waals surface area contributed by atoms with Crippen molar-refractivity contribution >= 4 is 11.6 Å². The molecule has 0 bridgehead atoms. The van der Waals surface area contributed by atoms with Crippen LogP contribution < -0.4 is 14.8 Å². The van der Waals surface area contributed by atoms with Crippen LogP contribution in [0, 0.1) is 17.8 Å². The molecule has 2 atom stereocenters. The van der Waals surface area contributed by atoms with Crippen LogP contribution in [-0.4, -0.2) is 20.1 Å². The van der Waals surface area contributed by atoms with Gasteiger partial charge in [0.1, 0.15) is 11.5 Å². The summed E-state index contributed by atoms with van der Waals surface area (Å²) in [4.78, 5) is 12.9. The van der Waals surface area contributed by atoms with E-state index in [2.05, 4.69) is 29.6 Å². The number of carbonyl (C=O) groups excluding carboxylic acids is 1. The minimum atomic E-state index is 0.105. The molecular formula is C22H29NO3. The van der Waals surface area contributed by atoms with Gasteiger partial charge in [0.2, 0.25) is 5.91 Å². The van der Waals surface area contributed by atoms with Crippen LogP contribution >= 0.6 is 0 Å². The molecule has 3 rings (SSSR count). The maximum Gasteiger partial charge on any atom is 0.228 e. The molecule has 4 nitrogen and oxygen atoms in total. The van der Waals surface area contributed by atoms with E-state index in [9.17, 15) is 4.79 Å². The van der Waals surface area contributed by atoms with Crippen molar-refractivity contribution in [2.24, 2.45) is 17.8 Å². The summed E-state index contributed by atoms with van der Waals surface area (Å²) < 4.78 is 10.6. The molecular weight excluding hydrogens is 326 g/mol. The van der Waals surface area contributed by atoms with E-state index in [1.165, 1.54) is 0 Å². The number of allylic oxidation sites excluding steroid dienone is 4. The van der Waals surface area contributed by atoms with Gasteiger partial charge in [-0.2, -0.15) is 0 Å². The summed E-state index contributed by atoms with van der Waals surface area (Å²) in [5, 5.41) is 3.07. The number of carbonyl (C=O) groups is 1. The Labute approximate surface area is 156 Å². The Kier molecular flexibility index (Phi) is 6.37. The third kappa shape index (κ3) is 4.48. The zero-order chi connectivity index (χ0) is 18.4. The fourth-order valence-corrected chi connectivity index (χ4v) is 3.99. The second-order valence-corrected chi connectivity index (χ2v) is 7.08. The predicted molar refractivity (Wildman–Crippen MR) is 105 cm³/mol. The van der Waals surface area contributed by atoms with E-state index in [0.29, 0.717) is 29.0 Å². The summed E-state index contributed by atoms with van der Waals surface area (Å²) in [6.07, 6.45) is 15.6. The van der Waals surface area contributed by atoms with Crippen LogP contribution in [0.25, 0.3) is 0 Å². The van der Waals surface area contributed by atoms with Gasteiger partial charge in [-0.25, -0.2) is 0 Å². The van der Waals surface area contributed by atoms with Crippen molar-refractivity contribution in [3.05, 3.63) is 42.5 Å². The van der Waals surface area contributed by atoms with E-state index in [0.717, 1.165) is 38.5 Å². The molecule has 1 saturated carbocycles. The van der Waals surface area contributed by atoms with Crippen LogP contribution in [0.15, 0.2) is 42.5 Å². The molecule has 0 heterocycles. The number of ether oxygens (including phenoxy) is 2. The lowest BCUT2D eigenvalue weighted by molar-refractivity contribution is -0.117. The van der Waals surface area contributed by atoms with E-state index in [4.69, 9.17) is 9.47 Å². The lowest BCUT2D eigenvalue weighted by atomic mass is 10.1. The Morgan fingerprint density at radius 3 is 2.12 bits per heavy atom. The van der Waals surface area contributed by atoms with Gasteiger partial charge in [0.05, 0.1) is 19.9 Å². The van der Waals surface area contributed by atoms with Crippen LogP contribution in [0.3, 0.4) is 0 Å². The van der Waals surface area contributed by atoms with E-state index in [1.54, 1.807) is 14.2 Å². The number of amides is 1. The number of nitrogens with one attached hydrogen (secondary N) is 1. The van der Waals surface area contributed by atoms with Gasteiger partial charge in [-0.1, -0.05) is 24.3 Å². The first-order valence-corrected chi connectivity index (χ1v) is 9.57. The summed E-state index contributed by atoms with van der Waals surface area (Å²) >= 11 is 0. The second-order valence-electron chi connectivity index (χ2n) is 7.08. The highest BCUT2D eigenvalue weighted by atomic mass is 16.5. The first-order chi connectivity index (χ1) is 12.7. The van der Waals surface area contributed by atoms with Gasteiger partial charge in [-0.3, -0.25) is 4.79 Å². The Bertz CT molecular complexity index is 656. The molecule has 1 N–H and O–H groups in total. The number of fused-ring (bicyclic) bond motifs is 1. The summed E-state index contributed by atoms with van der Waals surface area (Å²) in [5.74, 6) is 2.55. The summed E-state index contributed by atoms with van der Waals surface area (Å²) in [5.41, 5.74) is 0.680. The zero-order valence-corrected chi connectivity index (χ0v) is 15.7. The third-order valence-electron chi connectivity index (χ3n) is 5.47. The smallest absolute Gasteiger partial charge is 0.228 e. The Morgan fingerprint density at radius 1 is 0.923 bits per heavy atom. The molecule has 1 fully saturated rings. The molecule has 0 aromatic heterocycles. The van der Waals surface area contributed by atoms with Crippen molar-refractivity contribution in [1.29, 1.82) is 0 Å². The number of benzene rings is 1. The molecule has 140 valence electrons. The van der Waals surface area contributed by atoms with Gasteiger partial charge < -0.3 is 14.8 Å². The minimum Gasteiger partial charge on any atom is -0.497 e. The summed E-state index contributed by atoms with van der Waals surface area (Å²) in [6, 6.07) is 5.47. The van der Waals surface area contributed by atoms with Crippen molar-refractivity contribution in [3.63, 3.8) is 0 Å². The molecule has 1 amide bonds. The average molecular weight is 355 g/mol. The Morgan fingerprint density at radius 2 is 1.54 bits per heavy atom. The van der Waals surface area contributed by atoms with Crippen LogP contribution in [0.5, 0.6) is 11.5 Å².